The van der Waals surface area contributed by atoms with Crippen molar-refractivity contribution in [1.82, 2.24) is 15.5 Å². The van der Waals surface area contributed by atoms with Crippen molar-refractivity contribution >= 4 is 29.9 Å². The number of halogens is 1. The van der Waals surface area contributed by atoms with E-state index in [-0.39, 0.29) is 24.0 Å². The van der Waals surface area contributed by atoms with Gasteiger partial charge in [0, 0.05) is 31.2 Å². The van der Waals surface area contributed by atoms with Crippen LogP contribution in [0.2, 0.25) is 0 Å². The van der Waals surface area contributed by atoms with Gasteiger partial charge in [-0.05, 0) is 53.0 Å². The van der Waals surface area contributed by atoms with Gasteiger partial charge in [-0.25, -0.2) is 0 Å². The van der Waals surface area contributed by atoms with Gasteiger partial charge >= 0.3 is 0 Å². The molecule has 2 rings (SSSR count). The van der Waals surface area contributed by atoms with Crippen LogP contribution < -0.4 is 10.6 Å². The monoisotopic (exact) mass is 420 g/mol. The topological polar surface area (TPSA) is 39.7 Å². The summed E-state index contributed by atoms with van der Waals surface area (Å²) in [5, 5.41) is 7.06. The van der Waals surface area contributed by atoms with Crippen LogP contribution in [-0.4, -0.2) is 49.1 Å². The van der Waals surface area contributed by atoms with Crippen LogP contribution in [0.4, 0.5) is 0 Å². The van der Waals surface area contributed by atoms with Crippen LogP contribution in [0.15, 0.2) is 17.1 Å². The Balaban J connectivity index is 0.00000242. The zero-order chi connectivity index (χ0) is 15.1. The molecule has 128 valence electrons. The van der Waals surface area contributed by atoms with Crippen molar-refractivity contribution in [3.8, 4) is 0 Å². The van der Waals surface area contributed by atoms with Gasteiger partial charge in [-0.3, -0.25) is 4.99 Å². The summed E-state index contributed by atoms with van der Waals surface area (Å²) in [6, 6.07) is 2.11. The Morgan fingerprint density at radius 1 is 1.27 bits per heavy atom. The van der Waals surface area contributed by atoms with Crippen LogP contribution in [0.5, 0.6) is 0 Å². The number of rotatable bonds is 5. The fourth-order valence-corrected chi connectivity index (χ4v) is 3.66. The fourth-order valence-electron chi connectivity index (χ4n) is 3.66. The first-order valence-electron chi connectivity index (χ1n) is 8.62. The quantitative estimate of drug-likeness (QED) is 0.236. The van der Waals surface area contributed by atoms with Crippen molar-refractivity contribution in [2.45, 2.75) is 70.5 Å². The van der Waals surface area contributed by atoms with Crippen molar-refractivity contribution in [3.05, 3.63) is 12.2 Å². The van der Waals surface area contributed by atoms with Gasteiger partial charge in [0.05, 0.1) is 0 Å². The summed E-state index contributed by atoms with van der Waals surface area (Å²) >= 11 is 0. The number of nitrogens with zero attached hydrogens (tertiary/aromatic N) is 2. The summed E-state index contributed by atoms with van der Waals surface area (Å²) < 4.78 is 0. The summed E-state index contributed by atoms with van der Waals surface area (Å²) in [5.74, 6) is 0.995. The smallest absolute Gasteiger partial charge is 0.191 e. The van der Waals surface area contributed by atoms with Crippen molar-refractivity contribution < 1.29 is 0 Å². The molecule has 0 radical (unpaired) electrons. The van der Waals surface area contributed by atoms with Gasteiger partial charge in [-0.15, -0.1) is 24.0 Å². The van der Waals surface area contributed by atoms with E-state index in [0.29, 0.717) is 6.04 Å². The highest BCUT2D eigenvalue weighted by atomic mass is 127. The third-order valence-electron chi connectivity index (χ3n) is 4.83. The van der Waals surface area contributed by atoms with Crippen molar-refractivity contribution in [2.75, 3.05) is 20.1 Å². The van der Waals surface area contributed by atoms with E-state index < -0.39 is 0 Å². The summed E-state index contributed by atoms with van der Waals surface area (Å²) in [7, 11) is 2.31. The molecule has 5 heteroatoms. The summed E-state index contributed by atoms with van der Waals surface area (Å²) in [6.07, 6.45) is 11.9. The maximum absolute atomic E-state index is 4.69. The maximum atomic E-state index is 4.69. The molecule has 2 aliphatic rings. The normalized spacial score (nSPS) is 29.2. The maximum Gasteiger partial charge on any atom is 0.191 e. The van der Waals surface area contributed by atoms with Gasteiger partial charge in [0.2, 0.25) is 0 Å². The van der Waals surface area contributed by atoms with Crippen LogP contribution in [0.3, 0.4) is 0 Å². The molecule has 22 heavy (non-hydrogen) atoms. The molecule has 0 aliphatic carbocycles. The second-order valence-corrected chi connectivity index (χ2v) is 6.34. The first-order chi connectivity index (χ1) is 10.2. The molecule has 2 unspecified atom stereocenters. The van der Waals surface area contributed by atoms with Gasteiger partial charge in [0.1, 0.15) is 0 Å². The van der Waals surface area contributed by atoms with Crippen LogP contribution in [0.25, 0.3) is 0 Å². The fraction of sp³-hybridized carbons (Fsp3) is 0.824. The standard InChI is InChI=1S/C17H32N4.HI/c1-4-6-7-11-19-17(18-5-2)20-14-12-15-9-8-10-16(13-14)21(15)3;/h4,6,14-16H,5,7-13H2,1-3H3,(H2,18,19,20);1H. The third-order valence-corrected chi connectivity index (χ3v) is 4.83. The number of guanidine groups is 1. The average molecular weight is 420 g/mol. The van der Waals surface area contributed by atoms with Gasteiger partial charge in [0.25, 0.3) is 0 Å². The van der Waals surface area contributed by atoms with Crippen molar-refractivity contribution in [1.29, 1.82) is 0 Å². The summed E-state index contributed by atoms with van der Waals surface area (Å²) in [5.41, 5.74) is 0. The molecule has 2 saturated heterocycles. The minimum absolute atomic E-state index is 0. The molecule has 2 bridgehead atoms. The van der Waals surface area contributed by atoms with E-state index in [1.165, 1.54) is 32.1 Å². The van der Waals surface area contributed by atoms with Crippen LogP contribution in [-0.2, 0) is 0 Å². The van der Waals surface area contributed by atoms with Gasteiger partial charge < -0.3 is 15.5 Å². The number of allylic oxidation sites excluding steroid dienone is 1. The SMILES string of the molecule is CC=CCCN=C(NCC)NC1CC2CCCC(C1)N2C.I. The first-order valence-corrected chi connectivity index (χ1v) is 8.62. The van der Waals surface area contributed by atoms with Crippen LogP contribution in [0.1, 0.15) is 52.4 Å². The number of hydrogen-bond donors (Lipinski definition) is 2. The summed E-state index contributed by atoms with van der Waals surface area (Å²) in [4.78, 5) is 7.30. The number of piperidine rings is 2. The van der Waals surface area contributed by atoms with E-state index >= 15 is 0 Å². The van der Waals surface area contributed by atoms with Crippen molar-refractivity contribution in [2.24, 2.45) is 4.99 Å². The molecule has 0 aromatic rings. The van der Waals surface area contributed by atoms with E-state index in [4.69, 9.17) is 0 Å². The second-order valence-electron chi connectivity index (χ2n) is 6.34. The van der Waals surface area contributed by atoms with Crippen LogP contribution >= 0.6 is 24.0 Å². The highest BCUT2D eigenvalue weighted by Gasteiger charge is 2.36. The number of hydrogen-bond acceptors (Lipinski definition) is 2. The molecule has 4 nitrogen and oxygen atoms in total. The first kappa shape index (κ1) is 19.7. The Morgan fingerprint density at radius 3 is 2.55 bits per heavy atom. The van der Waals surface area contributed by atoms with E-state index in [1.807, 2.05) is 0 Å². The highest BCUT2D eigenvalue weighted by molar-refractivity contribution is 14.0. The van der Waals surface area contributed by atoms with E-state index in [9.17, 15) is 0 Å². The Bertz CT molecular complexity index is 356. The minimum Gasteiger partial charge on any atom is -0.357 e. The Labute approximate surface area is 153 Å². The molecular formula is C17H33IN4. The lowest BCUT2D eigenvalue weighted by molar-refractivity contribution is 0.0526. The molecule has 2 fully saturated rings. The van der Waals surface area contributed by atoms with Gasteiger partial charge in [-0.2, -0.15) is 0 Å². The molecule has 0 saturated carbocycles. The minimum atomic E-state index is 0. The van der Waals surface area contributed by atoms with Gasteiger partial charge in [0.15, 0.2) is 5.96 Å². The molecule has 2 aliphatic heterocycles. The highest BCUT2D eigenvalue weighted by Crippen LogP contribution is 2.32. The van der Waals surface area contributed by atoms with Crippen molar-refractivity contribution in [3.63, 3.8) is 0 Å². The predicted molar refractivity (Wildman–Crippen MR) is 106 cm³/mol. The van der Waals surface area contributed by atoms with E-state index in [1.54, 1.807) is 0 Å². The Kier molecular flexibility index (Phi) is 9.40. The van der Waals surface area contributed by atoms with Gasteiger partial charge in [-0.1, -0.05) is 18.6 Å². The molecule has 0 amide bonds. The molecule has 0 aromatic carbocycles. The Morgan fingerprint density at radius 2 is 1.95 bits per heavy atom. The molecule has 2 heterocycles. The summed E-state index contributed by atoms with van der Waals surface area (Å²) in [6.45, 7) is 5.98. The lowest BCUT2D eigenvalue weighted by Crippen LogP contribution is -2.56. The lowest BCUT2D eigenvalue weighted by atomic mass is 9.82. The zero-order valence-electron chi connectivity index (χ0n) is 14.3. The Hall–Kier alpha value is -0.300. The zero-order valence-corrected chi connectivity index (χ0v) is 16.7. The third kappa shape index (κ3) is 5.72. The predicted octanol–water partition coefficient (Wildman–Crippen LogP) is 3.14. The average Bonchev–Trinajstić information content (AvgIpc) is 2.45. The lowest BCUT2D eigenvalue weighted by Gasteiger charge is -2.47. The molecule has 2 atom stereocenters. The largest absolute Gasteiger partial charge is 0.357 e. The number of nitrogens with one attached hydrogen (secondary N) is 2. The number of aliphatic imine (C=N–C) groups is 1. The van der Waals surface area contributed by atoms with E-state index in [2.05, 4.69) is 53.6 Å². The molecule has 0 aromatic heterocycles. The van der Waals surface area contributed by atoms with E-state index in [0.717, 1.165) is 37.6 Å². The molecule has 0 spiro atoms. The molecule has 2 N–H and O–H groups in total. The molecular weight excluding hydrogens is 387 g/mol. The second kappa shape index (κ2) is 10.5. The number of fused-ring (bicyclic) bond motifs is 2. The van der Waals surface area contributed by atoms with Crippen LogP contribution in [0, 0.1) is 0 Å².